The second-order valence-corrected chi connectivity index (χ2v) is 5.90. The van der Waals surface area contributed by atoms with E-state index in [1.54, 1.807) is 0 Å². The first-order valence-corrected chi connectivity index (χ1v) is 6.82. The van der Waals surface area contributed by atoms with Gasteiger partial charge in [0.25, 0.3) is 0 Å². The van der Waals surface area contributed by atoms with Gasteiger partial charge in [-0.25, -0.2) is 9.97 Å². The van der Waals surface area contributed by atoms with Gasteiger partial charge >= 0.3 is 0 Å². The molecule has 100 valence electrons. The molecule has 0 saturated carbocycles. The topological polar surface area (TPSA) is 49.8 Å². The predicted octanol–water partition coefficient (Wildman–Crippen LogP) is 2.53. The van der Waals surface area contributed by atoms with Gasteiger partial charge in [-0.1, -0.05) is 20.8 Å². The van der Waals surface area contributed by atoms with Crippen LogP contribution in [-0.4, -0.2) is 23.6 Å². The van der Waals surface area contributed by atoms with Crippen LogP contribution >= 0.6 is 0 Å². The summed E-state index contributed by atoms with van der Waals surface area (Å²) in [6.07, 6.45) is 5.32. The van der Waals surface area contributed by atoms with E-state index >= 15 is 0 Å². The number of anilines is 1. The highest BCUT2D eigenvalue weighted by Gasteiger charge is 2.33. The molecule has 1 unspecified atom stereocenters. The minimum atomic E-state index is 0.303. The lowest BCUT2D eigenvalue weighted by atomic mass is 9.74. The Kier molecular flexibility index (Phi) is 3.85. The van der Waals surface area contributed by atoms with Crippen molar-refractivity contribution < 1.29 is 0 Å². The minimum Gasteiger partial charge on any atom is -0.357 e. The van der Waals surface area contributed by atoms with Crippen LogP contribution < -0.4 is 10.6 Å². The van der Waals surface area contributed by atoms with Gasteiger partial charge in [-0.05, 0) is 31.2 Å². The van der Waals surface area contributed by atoms with E-state index in [4.69, 9.17) is 0 Å². The molecular formula is C14H24N4. The smallest absolute Gasteiger partial charge is 0.222 e. The highest BCUT2D eigenvalue weighted by molar-refractivity contribution is 5.33. The lowest BCUT2D eigenvalue weighted by Gasteiger charge is -2.36. The zero-order chi connectivity index (χ0) is 13.2. The standard InChI is InChI=1S/C14H24N4/c1-5-6-16-11-7-14(2,3)8-12-10(11)9-17-13(15-4)18-12/h9,11,16H,5-8H2,1-4H3,(H,15,17,18). The summed E-state index contributed by atoms with van der Waals surface area (Å²) in [6.45, 7) is 7.88. The monoisotopic (exact) mass is 248 g/mol. The van der Waals surface area contributed by atoms with Crippen molar-refractivity contribution in [2.75, 3.05) is 18.9 Å². The van der Waals surface area contributed by atoms with Gasteiger partial charge in [0, 0.05) is 24.8 Å². The molecule has 4 nitrogen and oxygen atoms in total. The van der Waals surface area contributed by atoms with Crippen LogP contribution in [0.5, 0.6) is 0 Å². The molecule has 1 aromatic heterocycles. The molecule has 1 heterocycles. The number of rotatable bonds is 4. The Labute approximate surface area is 110 Å². The van der Waals surface area contributed by atoms with Gasteiger partial charge in [-0.2, -0.15) is 0 Å². The molecule has 0 saturated heterocycles. The third-order valence-corrected chi connectivity index (χ3v) is 3.54. The molecule has 1 atom stereocenters. The van der Waals surface area contributed by atoms with Crippen LogP contribution in [0.3, 0.4) is 0 Å². The fourth-order valence-electron chi connectivity index (χ4n) is 2.67. The molecule has 2 rings (SSSR count). The SMILES string of the molecule is CCCNC1CC(C)(C)Cc2nc(NC)ncc21. The molecule has 2 N–H and O–H groups in total. The van der Waals surface area contributed by atoms with Crippen molar-refractivity contribution in [3.8, 4) is 0 Å². The summed E-state index contributed by atoms with van der Waals surface area (Å²) in [5, 5.41) is 6.64. The van der Waals surface area contributed by atoms with E-state index < -0.39 is 0 Å². The van der Waals surface area contributed by atoms with Gasteiger partial charge in [0.2, 0.25) is 5.95 Å². The number of aromatic nitrogens is 2. The summed E-state index contributed by atoms with van der Waals surface area (Å²) < 4.78 is 0. The van der Waals surface area contributed by atoms with Crippen LogP contribution in [0.1, 0.15) is 50.9 Å². The van der Waals surface area contributed by atoms with Crippen molar-refractivity contribution in [2.45, 2.75) is 46.1 Å². The van der Waals surface area contributed by atoms with Crippen molar-refractivity contribution in [2.24, 2.45) is 5.41 Å². The Morgan fingerprint density at radius 1 is 1.44 bits per heavy atom. The van der Waals surface area contributed by atoms with E-state index in [9.17, 15) is 0 Å². The molecule has 0 fully saturated rings. The molecular weight excluding hydrogens is 224 g/mol. The molecule has 0 aromatic carbocycles. The van der Waals surface area contributed by atoms with Crippen molar-refractivity contribution in [3.63, 3.8) is 0 Å². The van der Waals surface area contributed by atoms with Crippen molar-refractivity contribution in [1.29, 1.82) is 0 Å². The molecule has 1 aliphatic rings. The molecule has 0 spiro atoms. The number of hydrogen-bond acceptors (Lipinski definition) is 4. The van der Waals surface area contributed by atoms with Crippen LogP contribution in [0.25, 0.3) is 0 Å². The zero-order valence-electron chi connectivity index (χ0n) is 11.9. The van der Waals surface area contributed by atoms with Gasteiger partial charge in [-0.3, -0.25) is 0 Å². The van der Waals surface area contributed by atoms with E-state index in [0.717, 1.165) is 31.8 Å². The van der Waals surface area contributed by atoms with Gasteiger partial charge in [0.05, 0.1) is 5.69 Å². The largest absolute Gasteiger partial charge is 0.357 e. The molecule has 4 heteroatoms. The quantitative estimate of drug-likeness (QED) is 0.859. The normalized spacial score (nSPS) is 21.4. The third-order valence-electron chi connectivity index (χ3n) is 3.54. The highest BCUT2D eigenvalue weighted by Crippen LogP contribution is 2.39. The van der Waals surface area contributed by atoms with Crippen LogP contribution in [0, 0.1) is 5.41 Å². The first-order valence-electron chi connectivity index (χ1n) is 6.82. The van der Waals surface area contributed by atoms with E-state index in [1.807, 2.05) is 13.2 Å². The zero-order valence-corrected chi connectivity index (χ0v) is 11.9. The Bertz CT molecular complexity index is 414. The molecule has 0 bridgehead atoms. The lowest BCUT2D eigenvalue weighted by Crippen LogP contribution is -2.34. The minimum absolute atomic E-state index is 0.303. The summed E-state index contributed by atoms with van der Waals surface area (Å²) in [4.78, 5) is 8.98. The summed E-state index contributed by atoms with van der Waals surface area (Å²) in [5.74, 6) is 0.723. The van der Waals surface area contributed by atoms with Gasteiger partial charge in [0.1, 0.15) is 0 Å². The summed E-state index contributed by atoms with van der Waals surface area (Å²) in [7, 11) is 1.86. The summed E-state index contributed by atoms with van der Waals surface area (Å²) in [6, 6.07) is 0.398. The van der Waals surface area contributed by atoms with Gasteiger partial charge in [-0.15, -0.1) is 0 Å². The first kappa shape index (κ1) is 13.3. The fraction of sp³-hybridized carbons (Fsp3) is 0.714. The maximum absolute atomic E-state index is 4.62. The summed E-state index contributed by atoms with van der Waals surface area (Å²) in [5.41, 5.74) is 2.78. The van der Waals surface area contributed by atoms with Crippen LogP contribution in [-0.2, 0) is 6.42 Å². The van der Waals surface area contributed by atoms with Gasteiger partial charge < -0.3 is 10.6 Å². The second-order valence-electron chi connectivity index (χ2n) is 5.90. The Morgan fingerprint density at radius 2 is 2.22 bits per heavy atom. The van der Waals surface area contributed by atoms with Gasteiger partial charge in [0.15, 0.2) is 0 Å². The highest BCUT2D eigenvalue weighted by atomic mass is 15.1. The number of nitrogens with zero attached hydrogens (tertiary/aromatic N) is 2. The average Bonchev–Trinajstić information content (AvgIpc) is 2.33. The number of fused-ring (bicyclic) bond motifs is 1. The van der Waals surface area contributed by atoms with Crippen molar-refractivity contribution >= 4 is 5.95 Å². The van der Waals surface area contributed by atoms with E-state index in [-0.39, 0.29) is 0 Å². The van der Waals surface area contributed by atoms with E-state index in [1.165, 1.54) is 11.3 Å². The molecule has 1 aromatic rings. The van der Waals surface area contributed by atoms with Crippen LogP contribution in [0.4, 0.5) is 5.95 Å². The fourth-order valence-corrected chi connectivity index (χ4v) is 2.67. The Morgan fingerprint density at radius 3 is 2.89 bits per heavy atom. The molecule has 1 aliphatic carbocycles. The average molecular weight is 248 g/mol. The first-order chi connectivity index (χ1) is 8.55. The van der Waals surface area contributed by atoms with Crippen LogP contribution in [0.2, 0.25) is 0 Å². The molecule has 0 aliphatic heterocycles. The Balaban J connectivity index is 2.30. The third kappa shape index (κ3) is 2.80. The summed E-state index contributed by atoms with van der Waals surface area (Å²) >= 11 is 0. The number of hydrogen-bond donors (Lipinski definition) is 2. The maximum atomic E-state index is 4.62. The van der Waals surface area contributed by atoms with Crippen molar-refractivity contribution in [3.05, 3.63) is 17.5 Å². The second kappa shape index (κ2) is 5.22. The van der Waals surface area contributed by atoms with Crippen molar-refractivity contribution in [1.82, 2.24) is 15.3 Å². The lowest BCUT2D eigenvalue weighted by molar-refractivity contribution is 0.254. The van der Waals surface area contributed by atoms with E-state index in [0.29, 0.717) is 11.5 Å². The molecule has 0 radical (unpaired) electrons. The molecule has 18 heavy (non-hydrogen) atoms. The van der Waals surface area contributed by atoms with Crippen LogP contribution in [0.15, 0.2) is 6.20 Å². The maximum Gasteiger partial charge on any atom is 0.222 e. The Hall–Kier alpha value is -1.16. The number of nitrogens with one attached hydrogen (secondary N) is 2. The molecule has 0 amide bonds. The van der Waals surface area contributed by atoms with E-state index in [2.05, 4.69) is 41.4 Å². The predicted molar refractivity (Wildman–Crippen MR) is 74.7 cm³/mol.